The molecule has 16 heteroatoms. The molecule has 2 aliphatic heterocycles. The minimum absolute atomic E-state index is 0.0303. The fourth-order valence-corrected chi connectivity index (χ4v) is 5.01. The molecule has 0 radical (unpaired) electrons. The monoisotopic (exact) mass is 624 g/mol. The second-order valence-corrected chi connectivity index (χ2v) is 10.5. The van der Waals surface area contributed by atoms with Gasteiger partial charge in [-0.25, -0.2) is 0 Å². The lowest BCUT2D eigenvalue weighted by Crippen LogP contribution is -2.61. The highest BCUT2D eigenvalue weighted by Gasteiger charge is 2.47. The molecule has 0 saturated carbocycles. The molecule has 1 aromatic heterocycles. The summed E-state index contributed by atoms with van der Waals surface area (Å²) in [6.07, 6.45) is -16.1. The summed E-state index contributed by atoms with van der Waals surface area (Å²) in [5.74, 6) is -2.26. The quantitative estimate of drug-likeness (QED) is 0.147. The predicted molar refractivity (Wildman–Crippen MR) is 145 cm³/mol. The van der Waals surface area contributed by atoms with E-state index < -0.39 is 96.1 Å². The summed E-state index contributed by atoms with van der Waals surface area (Å²) in [5, 5.41) is 92.2. The van der Waals surface area contributed by atoms with Gasteiger partial charge in [0.2, 0.25) is 17.5 Å². The van der Waals surface area contributed by atoms with Crippen LogP contribution in [0.15, 0.2) is 39.5 Å². The van der Waals surface area contributed by atoms with Crippen LogP contribution in [0.2, 0.25) is 0 Å². The fourth-order valence-electron chi connectivity index (χ4n) is 5.01. The van der Waals surface area contributed by atoms with E-state index in [2.05, 4.69) is 0 Å². The van der Waals surface area contributed by atoms with Crippen molar-refractivity contribution in [1.29, 1.82) is 0 Å². The van der Waals surface area contributed by atoms with Crippen LogP contribution in [0.25, 0.3) is 22.3 Å². The average Bonchev–Trinajstić information content (AvgIpc) is 2.98. The Kier molecular flexibility index (Phi) is 8.90. The highest BCUT2D eigenvalue weighted by molar-refractivity contribution is 5.88. The molecule has 44 heavy (non-hydrogen) atoms. The Morgan fingerprint density at radius 2 is 1.43 bits per heavy atom. The number of benzene rings is 2. The number of phenols is 3. The maximum Gasteiger partial charge on any atom is 0.239 e. The number of aliphatic hydroxyl groups excluding tert-OH is 6. The second-order valence-electron chi connectivity index (χ2n) is 10.5. The van der Waals surface area contributed by atoms with Crippen molar-refractivity contribution >= 4 is 11.0 Å². The van der Waals surface area contributed by atoms with Crippen LogP contribution in [0.4, 0.5) is 0 Å². The Morgan fingerprint density at radius 1 is 0.773 bits per heavy atom. The lowest BCUT2D eigenvalue weighted by Gasteiger charge is -2.42. The van der Waals surface area contributed by atoms with E-state index in [1.165, 1.54) is 32.2 Å². The summed E-state index contributed by atoms with van der Waals surface area (Å²) in [5.41, 5.74) is -1.23. The van der Waals surface area contributed by atoms with E-state index in [0.717, 1.165) is 12.1 Å². The molecule has 5 rings (SSSR count). The van der Waals surface area contributed by atoms with Gasteiger partial charge >= 0.3 is 0 Å². The number of aliphatic hydroxyl groups is 6. The number of ether oxygens (including phenoxy) is 5. The number of hydrogen-bond donors (Lipinski definition) is 9. The Labute approximate surface area is 248 Å². The summed E-state index contributed by atoms with van der Waals surface area (Å²) in [4.78, 5) is 13.7. The van der Waals surface area contributed by atoms with E-state index >= 15 is 0 Å². The van der Waals surface area contributed by atoms with Gasteiger partial charge < -0.3 is 74.1 Å². The van der Waals surface area contributed by atoms with Gasteiger partial charge in [0, 0.05) is 23.8 Å². The van der Waals surface area contributed by atoms with E-state index in [4.69, 9.17) is 28.1 Å². The van der Waals surface area contributed by atoms with Crippen molar-refractivity contribution in [3.8, 4) is 40.1 Å². The molecule has 0 unspecified atom stereocenters. The van der Waals surface area contributed by atoms with Crippen LogP contribution in [-0.4, -0.2) is 121 Å². The lowest BCUT2D eigenvalue weighted by molar-refractivity contribution is -0.318. The molecule has 2 fully saturated rings. The second kappa shape index (κ2) is 12.4. The maximum atomic E-state index is 13.7. The first kappa shape index (κ1) is 31.7. The first-order valence-corrected chi connectivity index (χ1v) is 13.4. The molecule has 16 nitrogen and oxygen atoms in total. The van der Waals surface area contributed by atoms with Crippen molar-refractivity contribution in [3.05, 3.63) is 40.6 Å². The van der Waals surface area contributed by atoms with Crippen molar-refractivity contribution in [3.63, 3.8) is 0 Å². The van der Waals surface area contributed by atoms with Gasteiger partial charge in [-0.05, 0) is 19.1 Å². The third kappa shape index (κ3) is 5.86. The molecule has 3 aromatic rings. The van der Waals surface area contributed by atoms with E-state index in [1.54, 1.807) is 0 Å². The van der Waals surface area contributed by atoms with E-state index in [0.29, 0.717) is 0 Å². The van der Waals surface area contributed by atoms with Gasteiger partial charge in [0.25, 0.3) is 0 Å². The van der Waals surface area contributed by atoms with Crippen molar-refractivity contribution < 1.29 is 74.1 Å². The molecule has 2 saturated heterocycles. The van der Waals surface area contributed by atoms with Crippen molar-refractivity contribution in [1.82, 2.24) is 0 Å². The van der Waals surface area contributed by atoms with Crippen molar-refractivity contribution in [2.75, 3.05) is 13.7 Å². The molecule has 0 spiro atoms. The Hall–Kier alpha value is -3.71. The van der Waals surface area contributed by atoms with Crippen LogP contribution >= 0.6 is 0 Å². The number of aromatic hydroxyl groups is 3. The molecule has 3 heterocycles. The first-order valence-electron chi connectivity index (χ1n) is 13.4. The number of fused-ring (bicyclic) bond motifs is 1. The topological polar surface area (TPSA) is 258 Å². The van der Waals surface area contributed by atoms with Gasteiger partial charge in [0.1, 0.15) is 76.7 Å². The minimum Gasteiger partial charge on any atom is -0.508 e. The van der Waals surface area contributed by atoms with E-state index in [1.807, 2.05) is 0 Å². The van der Waals surface area contributed by atoms with Crippen molar-refractivity contribution in [2.24, 2.45) is 0 Å². The predicted octanol–water partition coefficient (Wildman–Crippen LogP) is -1.38. The summed E-state index contributed by atoms with van der Waals surface area (Å²) >= 11 is 0. The van der Waals surface area contributed by atoms with Gasteiger partial charge in [0.05, 0.1) is 19.8 Å². The zero-order valence-corrected chi connectivity index (χ0v) is 23.3. The minimum atomic E-state index is -1.95. The van der Waals surface area contributed by atoms with Gasteiger partial charge in [0.15, 0.2) is 12.1 Å². The van der Waals surface area contributed by atoms with Crippen molar-refractivity contribution in [2.45, 2.75) is 68.3 Å². The van der Waals surface area contributed by atoms with Crippen LogP contribution in [-0.2, 0) is 14.2 Å². The van der Waals surface area contributed by atoms with Crippen LogP contribution in [0, 0.1) is 0 Å². The smallest absolute Gasteiger partial charge is 0.239 e. The molecule has 2 aliphatic rings. The Morgan fingerprint density at radius 3 is 2.14 bits per heavy atom. The number of methoxy groups -OCH3 is 1. The van der Waals surface area contributed by atoms with Crippen LogP contribution in [0.3, 0.4) is 0 Å². The molecule has 2 aromatic carbocycles. The first-order chi connectivity index (χ1) is 20.8. The molecule has 240 valence electrons. The largest absolute Gasteiger partial charge is 0.508 e. The Balaban J connectivity index is 1.49. The van der Waals surface area contributed by atoms with E-state index in [-0.39, 0.29) is 28.4 Å². The molecule has 0 amide bonds. The molecular weight excluding hydrogens is 592 g/mol. The summed E-state index contributed by atoms with van der Waals surface area (Å²) in [6.45, 7) is 0.838. The van der Waals surface area contributed by atoms with Gasteiger partial charge in [-0.15, -0.1) is 0 Å². The van der Waals surface area contributed by atoms with Crippen LogP contribution < -0.4 is 14.9 Å². The molecule has 10 atom stereocenters. The molecule has 0 bridgehead atoms. The maximum absolute atomic E-state index is 13.7. The number of hydrogen-bond acceptors (Lipinski definition) is 16. The van der Waals surface area contributed by atoms with E-state index in [9.17, 15) is 50.8 Å². The molecule has 9 N–H and O–H groups in total. The summed E-state index contributed by atoms with van der Waals surface area (Å²) < 4.78 is 33.2. The van der Waals surface area contributed by atoms with Crippen LogP contribution in [0.1, 0.15) is 6.92 Å². The van der Waals surface area contributed by atoms with Gasteiger partial charge in [-0.3, -0.25) is 4.79 Å². The highest BCUT2D eigenvalue weighted by Crippen LogP contribution is 2.39. The highest BCUT2D eigenvalue weighted by atomic mass is 16.7. The van der Waals surface area contributed by atoms with Gasteiger partial charge in [-0.1, -0.05) is 0 Å². The SMILES string of the molecule is COc1cc(O)cc(-c2oc3cc(O)cc(O)c3c(=O)c2O[C@@H]2O[C@H](CO[C@H]3O[C@@H](C)[C@H](O)[C@@H](O)[C@H]3O)[C@H](O)[C@H](O)[C@H]2O)c1. The zero-order chi connectivity index (χ0) is 32.0. The lowest BCUT2D eigenvalue weighted by atomic mass is 9.98. The zero-order valence-electron chi connectivity index (χ0n) is 23.3. The molecule has 0 aliphatic carbocycles. The standard InChI is InChI=1S/C28H32O16/c1-9-18(32)21(35)23(37)27(41-9)40-8-16-19(33)22(36)24(38)28(43-16)44-26-20(34)17-14(31)6-12(30)7-15(17)42-25(26)10-3-11(29)5-13(4-10)39-2/h3-7,9,16,18-19,21-24,27-33,35-38H,8H2,1-2H3/t9-,16+,18-,19-,21+,22-,23+,24+,27-,28-/m0/s1. The number of rotatable bonds is 7. The van der Waals surface area contributed by atoms with Crippen LogP contribution in [0.5, 0.6) is 28.7 Å². The summed E-state index contributed by atoms with van der Waals surface area (Å²) in [6, 6.07) is 5.77. The number of phenolic OH excluding ortho intramolecular Hbond substituents is 3. The molecular formula is C28H32O16. The average molecular weight is 625 g/mol. The third-order valence-corrected chi connectivity index (χ3v) is 7.44. The normalized spacial score (nSPS) is 32.5. The summed E-state index contributed by atoms with van der Waals surface area (Å²) in [7, 11) is 1.32. The Bertz CT molecular complexity index is 1560. The van der Waals surface area contributed by atoms with Gasteiger partial charge in [-0.2, -0.15) is 0 Å². The fraction of sp³-hybridized carbons (Fsp3) is 0.464. The third-order valence-electron chi connectivity index (χ3n) is 7.44.